The van der Waals surface area contributed by atoms with Crippen molar-refractivity contribution in [2.24, 2.45) is 0 Å². The van der Waals surface area contributed by atoms with Gasteiger partial charge in [0.1, 0.15) is 40.8 Å². The Hall–Kier alpha value is -3.26. The van der Waals surface area contributed by atoms with Crippen LogP contribution in [0.3, 0.4) is 0 Å². The minimum absolute atomic E-state index is 0.0653. The van der Waals surface area contributed by atoms with Crippen LogP contribution in [0.15, 0.2) is 33.5 Å². The number of hydrogen-bond acceptors (Lipinski definition) is 8. The molecule has 2 N–H and O–H groups in total. The summed E-state index contributed by atoms with van der Waals surface area (Å²) in [5.74, 6) is -0.0189. The molecule has 152 valence electrons. The van der Waals surface area contributed by atoms with E-state index in [-0.39, 0.29) is 51.9 Å². The lowest BCUT2D eigenvalue weighted by molar-refractivity contribution is -0.153. The van der Waals surface area contributed by atoms with Crippen molar-refractivity contribution in [3.63, 3.8) is 0 Å². The van der Waals surface area contributed by atoms with Crippen molar-refractivity contribution in [3.8, 4) is 17.2 Å². The number of phenols is 1. The Labute approximate surface area is 165 Å². The van der Waals surface area contributed by atoms with Crippen molar-refractivity contribution < 1.29 is 33.6 Å². The van der Waals surface area contributed by atoms with Gasteiger partial charge in [0, 0.05) is 25.0 Å². The van der Waals surface area contributed by atoms with Crippen LogP contribution >= 0.6 is 0 Å². The predicted octanol–water partition coefficient (Wildman–Crippen LogP) is 2.28. The number of aromatic hydroxyl groups is 1. The summed E-state index contributed by atoms with van der Waals surface area (Å²) in [4.78, 5) is 24.2. The minimum atomic E-state index is -1.47. The van der Waals surface area contributed by atoms with Gasteiger partial charge in [0.2, 0.25) is 5.43 Å². The van der Waals surface area contributed by atoms with Crippen LogP contribution in [0.1, 0.15) is 19.4 Å². The molecule has 1 aliphatic heterocycles. The highest BCUT2D eigenvalue weighted by Crippen LogP contribution is 2.43. The average molecular weight is 400 g/mol. The van der Waals surface area contributed by atoms with Gasteiger partial charge in [-0.15, -0.1) is 0 Å². The molecule has 8 nitrogen and oxygen atoms in total. The van der Waals surface area contributed by atoms with E-state index in [2.05, 4.69) is 0 Å². The summed E-state index contributed by atoms with van der Waals surface area (Å²) in [5.41, 5.74) is -0.952. The molecular weight excluding hydrogens is 380 g/mol. The van der Waals surface area contributed by atoms with Crippen molar-refractivity contribution in [2.45, 2.75) is 32.0 Å². The Morgan fingerprint density at radius 3 is 2.79 bits per heavy atom. The summed E-state index contributed by atoms with van der Waals surface area (Å²) in [6.45, 7) is 2.51. The molecule has 0 amide bonds. The van der Waals surface area contributed by atoms with Crippen LogP contribution in [-0.2, 0) is 16.0 Å². The van der Waals surface area contributed by atoms with Gasteiger partial charge >= 0.3 is 5.97 Å². The number of fused-ring (bicyclic) bond motifs is 4. The normalized spacial score (nSPS) is 17.6. The number of carbonyl (C=O) groups is 1. The zero-order valence-corrected chi connectivity index (χ0v) is 16.1. The second-order valence-corrected chi connectivity index (χ2v) is 7.29. The Morgan fingerprint density at radius 2 is 2.10 bits per heavy atom. The molecular formula is C21H20O8. The number of hydrogen-bond donors (Lipinski definition) is 2. The molecule has 0 radical (unpaired) electrons. The largest absolute Gasteiger partial charge is 0.504 e. The molecule has 0 bridgehead atoms. The fraction of sp³-hybridized carbons (Fsp3) is 0.333. The number of para-hydroxylation sites is 1. The van der Waals surface area contributed by atoms with Crippen LogP contribution in [0.4, 0.5) is 0 Å². The van der Waals surface area contributed by atoms with Gasteiger partial charge in [0.25, 0.3) is 0 Å². The van der Waals surface area contributed by atoms with E-state index in [9.17, 15) is 19.8 Å². The molecule has 1 aliphatic rings. The lowest BCUT2D eigenvalue weighted by Gasteiger charge is -2.28. The summed E-state index contributed by atoms with van der Waals surface area (Å²) in [5, 5.41) is 21.3. The maximum absolute atomic E-state index is 13.1. The lowest BCUT2D eigenvalue weighted by Crippen LogP contribution is -2.46. The highest BCUT2D eigenvalue weighted by molar-refractivity contribution is 5.97. The summed E-state index contributed by atoms with van der Waals surface area (Å²) in [7, 11) is 1.43. The molecule has 0 spiro atoms. The first-order valence-electron chi connectivity index (χ1n) is 9.03. The fourth-order valence-electron chi connectivity index (χ4n) is 3.56. The van der Waals surface area contributed by atoms with Crippen molar-refractivity contribution in [3.05, 3.63) is 40.1 Å². The van der Waals surface area contributed by atoms with Gasteiger partial charge in [0.15, 0.2) is 11.3 Å². The third-order valence-corrected chi connectivity index (χ3v) is 5.12. The zero-order chi connectivity index (χ0) is 20.9. The van der Waals surface area contributed by atoms with Gasteiger partial charge < -0.3 is 28.8 Å². The molecule has 3 aromatic rings. The summed E-state index contributed by atoms with van der Waals surface area (Å²) < 4.78 is 22.1. The third-order valence-electron chi connectivity index (χ3n) is 5.12. The van der Waals surface area contributed by atoms with E-state index in [0.29, 0.717) is 11.3 Å². The van der Waals surface area contributed by atoms with E-state index in [1.165, 1.54) is 27.0 Å². The van der Waals surface area contributed by atoms with Crippen LogP contribution in [0.5, 0.6) is 17.2 Å². The minimum Gasteiger partial charge on any atom is -0.504 e. The molecule has 8 heteroatoms. The van der Waals surface area contributed by atoms with Gasteiger partial charge in [-0.05, 0) is 19.1 Å². The number of esters is 1. The van der Waals surface area contributed by atoms with E-state index in [1.807, 2.05) is 0 Å². The van der Waals surface area contributed by atoms with Crippen molar-refractivity contribution in [1.82, 2.24) is 0 Å². The molecule has 2 aromatic carbocycles. The third kappa shape index (κ3) is 3.05. The maximum Gasteiger partial charge on any atom is 0.302 e. The molecule has 0 saturated carbocycles. The lowest BCUT2D eigenvalue weighted by atomic mass is 9.95. The molecule has 0 saturated heterocycles. The highest BCUT2D eigenvalue weighted by Gasteiger charge is 2.41. The van der Waals surface area contributed by atoms with Crippen molar-refractivity contribution >= 4 is 27.9 Å². The Kier molecular flexibility index (Phi) is 4.38. The Morgan fingerprint density at radius 1 is 1.34 bits per heavy atom. The molecule has 0 unspecified atom stereocenters. The monoisotopic (exact) mass is 400 g/mol. The molecule has 0 aliphatic carbocycles. The van der Waals surface area contributed by atoms with Crippen LogP contribution in [0.2, 0.25) is 0 Å². The van der Waals surface area contributed by atoms with Gasteiger partial charge in [-0.2, -0.15) is 0 Å². The second kappa shape index (κ2) is 6.66. The molecule has 4 rings (SSSR count). The molecule has 2 atom stereocenters. The average Bonchev–Trinajstić information content (AvgIpc) is 3.12. The molecule has 1 aromatic heterocycles. The van der Waals surface area contributed by atoms with E-state index >= 15 is 0 Å². The van der Waals surface area contributed by atoms with E-state index in [0.717, 1.165) is 0 Å². The van der Waals surface area contributed by atoms with E-state index in [1.54, 1.807) is 18.2 Å². The van der Waals surface area contributed by atoms with Gasteiger partial charge in [-0.1, -0.05) is 6.07 Å². The maximum atomic E-state index is 13.1. The predicted molar refractivity (Wildman–Crippen MR) is 104 cm³/mol. The van der Waals surface area contributed by atoms with E-state index in [4.69, 9.17) is 18.6 Å². The summed E-state index contributed by atoms with van der Waals surface area (Å²) in [6, 6.07) is 6.13. The zero-order valence-electron chi connectivity index (χ0n) is 16.1. The van der Waals surface area contributed by atoms with Crippen LogP contribution in [0.25, 0.3) is 21.9 Å². The van der Waals surface area contributed by atoms with Crippen LogP contribution in [0, 0.1) is 0 Å². The number of benzene rings is 2. The topological polar surface area (TPSA) is 115 Å². The van der Waals surface area contributed by atoms with Crippen LogP contribution in [-0.4, -0.2) is 41.6 Å². The van der Waals surface area contributed by atoms with Crippen molar-refractivity contribution in [1.29, 1.82) is 0 Å². The summed E-state index contributed by atoms with van der Waals surface area (Å²) >= 11 is 0. The highest BCUT2D eigenvalue weighted by atomic mass is 16.6. The molecule has 2 heterocycles. The smallest absolute Gasteiger partial charge is 0.302 e. The second-order valence-electron chi connectivity index (χ2n) is 7.29. The summed E-state index contributed by atoms with van der Waals surface area (Å²) in [6.07, 6.45) is -0.524. The number of ether oxygens (including phenoxy) is 3. The van der Waals surface area contributed by atoms with Crippen LogP contribution < -0.4 is 14.9 Å². The fourth-order valence-corrected chi connectivity index (χ4v) is 3.56. The quantitative estimate of drug-likeness (QED) is 0.506. The number of phenolic OH excluding ortho intramolecular Hbond substituents is 1. The molecule has 29 heavy (non-hydrogen) atoms. The number of rotatable bonds is 4. The van der Waals surface area contributed by atoms with Crippen molar-refractivity contribution in [2.75, 3.05) is 13.7 Å². The van der Waals surface area contributed by atoms with Gasteiger partial charge in [-0.25, -0.2) is 0 Å². The van der Waals surface area contributed by atoms with Gasteiger partial charge in [-0.3, -0.25) is 9.59 Å². The standard InChI is InChI=1S/C21H20O8/c1-10(22)27-9-21(2,25)16-7-12-14(28-16)8-15(26-3)17-18(24)11-5-4-6-13(23)19(11)29-20(12)17/h4-6,8,16,23,25H,7,9H2,1-3H3/t16-,21-/m1/s1. The first kappa shape index (κ1) is 19.1. The Balaban J connectivity index is 1.89. The first-order valence-corrected chi connectivity index (χ1v) is 9.03. The van der Waals surface area contributed by atoms with E-state index < -0.39 is 17.7 Å². The molecule has 0 fully saturated rings. The van der Waals surface area contributed by atoms with Gasteiger partial charge in [0.05, 0.1) is 12.5 Å². The SMILES string of the molecule is COc1cc2c(c3oc4c(O)cccc4c(=O)c13)C[C@H]([C@](C)(O)COC(C)=O)O2. The Bertz CT molecular complexity index is 1190. The number of carbonyl (C=O) groups excluding carboxylic acids is 1. The number of aliphatic hydroxyl groups is 1. The number of methoxy groups -OCH3 is 1. The first-order chi connectivity index (χ1) is 13.7.